The topological polar surface area (TPSA) is 184 Å². The molecule has 60 heavy (non-hydrogen) atoms. The second kappa shape index (κ2) is 15.1. The molecule has 1 heterocycles. The number of carbonyl (C=O) groups excluding carboxylic acids is 5. The van der Waals surface area contributed by atoms with Gasteiger partial charge in [0.2, 0.25) is 0 Å². The first kappa shape index (κ1) is 43.5. The third kappa shape index (κ3) is 6.48. The smallest absolute Gasteiger partial charge is 0.408 e. The van der Waals surface area contributed by atoms with Crippen LogP contribution in [-0.2, 0) is 38.1 Å². The van der Waals surface area contributed by atoms with Crippen LogP contribution in [0.4, 0.5) is 4.79 Å². The summed E-state index contributed by atoms with van der Waals surface area (Å²) in [5, 5.41) is 27.6. The van der Waals surface area contributed by atoms with Crippen LogP contribution in [0.1, 0.15) is 110 Å². The van der Waals surface area contributed by atoms with Crippen molar-refractivity contribution in [2.75, 3.05) is 13.2 Å². The van der Waals surface area contributed by atoms with E-state index in [1.54, 1.807) is 95.3 Å². The molecule has 3 saturated carbocycles. The maximum atomic E-state index is 15.7. The Balaban J connectivity index is 1.39. The number of esters is 3. The summed E-state index contributed by atoms with van der Waals surface area (Å²) in [6, 6.07) is 16.0. The zero-order chi connectivity index (χ0) is 43.8. The zero-order valence-electron chi connectivity index (χ0n) is 36.0. The minimum absolute atomic E-state index is 0.202. The number of fused-ring (bicyclic) bond motifs is 4. The molecule has 1 amide bonds. The first-order valence-electron chi connectivity index (χ1n) is 21.0. The number of nitrogens with one attached hydrogen (secondary N) is 1. The molecule has 13 nitrogen and oxygen atoms in total. The molecule has 2 aromatic rings. The number of ether oxygens (including phenoxy) is 5. The van der Waals surface area contributed by atoms with E-state index in [4.69, 9.17) is 23.7 Å². The van der Waals surface area contributed by atoms with E-state index in [1.807, 2.05) is 20.8 Å². The van der Waals surface area contributed by atoms with Crippen molar-refractivity contribution >= 4 is 29.8 Å². The highest BCUT2D eigenvalue weighted by molar-refractivity contribution is 5.98. The minimum atomic E-state index is -2.05. The Kier molecular flexibility index (Phi) is 10.9. The van der Waals surface area contributed by atoms with E-state index in [9.17, 15) is 29.4 Å². The molecule has 13 heteroatoms. The number of rotatable bonds is 10. The number of alkyl carbamates (subject to hydrolysis) is 1. The van der Waals surface area contributed by atoms with Crippen LogP contribution in [-0.4, -0.2) is 88.8 Å². The van der Waals surface area contributed by atoms with Crippen molar-refractivity contribution in [3.05, 3.63) is 82.9 Å². The largest absolute Gasteiger partial charge is 0.457 e. The Morgan fingerprint density at radius 1 is 0.950 bits per heavy atom. The lowest BCUT2D eigenvalue weighted by Gasteiger charge is -2.70. The molecule has 2 unspecified atom stereocenters. The fraction of sp³-hybridized carbons (Fsp3) is 0.596. The summed E-state index contributed by atoms with van der Waals surface area (Å²) in [5.41, 5.74) is -6.11. The van der Waals surface area contributed by atoms with Crippen LogP contribution >= 0.6 is 0 Å². The van der Waals surface area contributed by atoms with E-state index in [1.165, 1.54) is 6.92 Å². The minimum Gasteiger partial charge on any atom is -0.457 e. The van der Waals surface area contributed by atoms with Crippen molar-refractivity contribution in [3.63, 3.8) is 0 Å². The van der Waals surface area contributed by atoms with Crippen molar-refractivity contribution in [2.45, 2.75) is 130 Å². The van der Waals surface area contributed by atoms with Crippen LogP contribution in [0.25, 0.3) is 0 Å². The number of hydrogen-bond donors (Lipinski definition) is 3. The maximum Gasteiger partial charge on any atom is 0.408 e. The normalized spacial score (nSPS) is 36.3. The monoisotopic (exact) mass is 829 g/mol. The second-order valence-corrected chi connectivity index (χ2v) is 19.2. The van der Waals surface area contributed by atoms with Gasteiger partial charge in [-0.05, 0) is 81.7 Å². The van der Waals surface area contributed by atoms with Crippen LogP contribution in [0.5, 0.6) is 0 Å². The Hall–Kier alpha value is -4.59. The first-order valence-corrected chi connectivity index (χ1v) is 21.0. The van der Waals surface area contributed by atoms with E-state index in [-0.39, 0.29) is 48.4 Å². The molecule has 2 bridgehead atoms. The molecule has 1 saturated heterocycles. The lowest BCUT2D eigenvalue weighted by atomic mass is 9.39. The fourth-order valence-corrected chi connectivity index (χ4v) is 11.5. The summed E-state index contributed by atoms with van der Waals surface area (Å²) in [4.78, 5) is 71.0. The molecule has 1 aliphatic heterocycles. The Bertz CT molecular complexity index is 2080. The number of benzene rings is 2. The van der Waals surface area contributed by atoms with Crippen molar-refractivity contribution in [3.8, 4) is 0 Å². The van der Waals surface area contributed by atoms with Gasteiger partial charge in [-0.2, -0.15) is 0 Å². The van der Waals surface area contributed by atoms with Gasteiger partial charge >= 0.3 is 24.0 Å². The number of amides is 1. The summed E-state index contributed by atoms with van der Waals surface area (Å²) in [7, 11) is 0. The first-order chi connectivity index (χ1) is 28.1. The van der Waals surface area contributed by atoms with E-state index in [2.05, 4.69) is 5.32 Å². The summed E-state index contributed by atoms with van der Waals surface area (Å²) < 4.78 is 30.9. The van der Waals surface area contributed by atoms with E-state index in [0.29, 0.717) is 24.0 Å². The van der Waals surface area contributed by atoms with Gasteiger partial charge in [-0.25, -0.2) is 9.59 Å². The number of Topliss-reactive ketones (excluding diaryl/α,β-unsaturated/α-hetero) is 1. The van der Waals surface area contributed by atoms with Crippen LogP contribution < -0.4 is 5.32 Å². The van der Waals surface area contributed by atoms with Gasteiger partial charge in [0, 0.05) is 35.0 Å². The second-order valence-electron chi connectivity index (χ2n) is 19.2. The molecule has 0 radical (unpaired) electrons. The molecular formula is C47H59NO12. The molecule has 5 aliphatic rings. The van der Waals surface area contributed by atoms with Crippen LogP contribution in [0.15, 0.2) is 71.8 Å². The van der Waals surface area contributed by atoms with Gasteiger partial charge in [0.05, 0.1) is 30.9 Å². The highest BCUT2D eigenvalue weighted by Crippen LogP contribution is 2.81. The zero-order valence-corrected chi connectivity index (χ0v) is 36.0. The molecule has 7 rings (SSSR count). The standard InChI is InChI=1S/C47H59NO12/c1-10-43(7)34-26(2)32(58-39(53)31(24-49)35(28-17-13-11-14-18-28)48-41(54)60-42(4,5)6)23-47(43,55)40(59-38(52)29-19-15-12-16-20-29)45(9)44(8)25-56-33(44)21-30-22-46(30,45)37(51)36(34)57-27(3)50/h11-20,30-33,35-36,40,49,55H,10,21-25H2,1-9H3,(H,48,54)/t30?,31-,32+,33-,35+,36-,40+,43+,44-,45-,46?,47-/m1/s1. The predicted octanol–water partition coefficient (Wildman–Crippen LogP) is 6.20. The number of aliphatic hydroxyl groups is 2. The van der Waals surface area contributed by atoms with Gasteiger partial charge in [0.15, 0.2) is 11.9 Å². The Morgan fingerprint density at radius 3 is 2.13 bits per heavy atom. The molecule has 4 fully saturated rings. The average molecular weight is 830 g/mol. The van der Waals surface area contributed by atoms with Crippen molar-refractivity contribution < 1.29 is 57.9 Å². The SMILES string of the molecule is CC[C@@]1(C)C2=C(C)[C@@H](OC(=O)[C@H](CO)[C@@H](NC(=O)OC(C)(C)C)c3ccccc3)C[C@@]1(O)[C@@H](OC(=O)c1ccccc1)[C@@]1(C)C3(CC3C[C@H]3OC[C@]31C)C(=O)[C@@H]2OC(C)=O. The molecule has 2 aromatic carbocycles. The highest BCUT2D eigenvalue weighted by atomic mass is 16.6. The van der Waals surface area contributed by atoms with E-state index >= 15 is 4.79 Å². The lowest BCUT2D eigenvalue weighted by molar-refractivity contribution is -0.324. The van der Waals surface area contributed by atoms with Crippen LogP contribution in [0.3, 0.4) is 0 Å². The summed E-state index contributed by atoms with van der Waals surface area (Å²) in [6.45, 7) is 15.1. The summed E-state index contributed by atoms with van der Waals surface area (Å²) >= 11 is 0. The van der Waals surface area contributed by atoms with Crippen LogP contribution in [0.2, 0.25) is 0 Å². The van der Waals surface area contributed by atoms with Crippen molar-refractivity contribution in [1.82, 2.24) is 5.32 Å². The number of hydrogen-bond acceptors (Lipinski definition) is 12. The van der Waals surface area contributed by atoms with Gasteiger partial charge in [0.25, 0.3) is 0 Å². The van der Waals surface area contributed by atoms with Gasteiger partial charge in [-0.1, -0.05) is 76.2 Å². The maximum absolute atomic E-state index is 15.7. The highest BCUT2D eigenvalue weighted by Gasteiger charge is 2.87. The summed E-state index contributed by atoms with van der Waals surface area (Å²) in [5.74, 6) is -4.24. The molecule has 0 aromatic heterocycles. The predicted molar refractivity (Wildman–Crippen MR) is 217 cm³/mol. The number of carbonyl (C=O) groups is 5. The molecule has 1 spiro atoms. The molecule has 4 aliphatic carbocycles. The summed E-state index contributed by atoms with van der Waals surface area (Å²) in [6.07, 6.45) is -4.30. The molecule has 12 atom stereocenters. The average Bonchev–Trinajstić information content (AvgIpc) is 3.94. The Labute approximate surface area is 351 Å². The van der Waals surface area contributed by atoms with Gasteiger partial charge < -0.3 is 39.2 Å². The van der Waals surface area contributed by atoms with Crippen molar-refractivity contribution in [2.24, 2.45) is 33.5 Å². The third-order valence-electron chi connectivity index (χ3n) is 15.1. The van der Waals surface area contributed by atoms with Gasteiger partial charge in [-0.15, -0.1) is 0 Å². The number of ketones is 1. The van der Waals surface area contributed by atoms with Crippen LogP contribution in [0, 0.1) is 33.5 Å². The van der Waals surface area contributed by atoms with Gasteiger partial charge in [0.1, 0.15) is 29.3 Å². The third-order valence-corrected chi connectivity index (χ3v) is 15.1. The number of aliphatic hydroxyl groups excluding tert-OH is 1. The fourth-order valence-electron chi connectivity index (χ4n) is 11.5. The van der Waals surface area contributed by atoms with E-state index < -0.39 is 93.7 Å². The van der Waals surface area contributed by atoms with Gasteiger partial charge in [-0.3, -0.25) is 14.4 Å². The van der Waals surface area contributed by atoms with Crippen molar-refractivity contribution in [1.29, 1.82) is 0 Å². The Morgan fingerprint density at radius 2 is 1.58 bits per heavy atom. The lowest BCUT2D eigenvalue weighted by Crippen LogP contribution is -2.78. The van der Waals surface area contributed by atoms with E-state index in [0.717, 1.165) is 0 Å². The molecule has 3 N–H and O–H groups in total. The molecular weight excluding hydrogens is 771 g/mol. The quantitative estimate of drug-likeness (QED) is 0.140. The molecule has 324 valence electrons.